The van der Waals surface area contributed by atoms with Gasteiger partial charge in [-0.25, -0.2) is 9.37 Å². The van der Waals surface area contributed by atoms with Gasteiger partial charge in [-0.3, -0.25) is 9.59 Å². The first-order chi connectivity index (χ1) is 37.6. The molecule has 28 heteroatoms. The average molecular weight is 1150 g/mol. The molecular formula is C51H56N6O19P3+. The average Bonchev–Trinajstić information content (AvgIpc) is 3.97. The van der Waals surface area contributed by atoms with E-state index in [9.17, 15) is 57.7 Å². The molecule has 0 aliphatic carbocycles. The minimum Gasteiger partial charge on any atom is -0.0560 e. The van der Waals surface area contributed by atoms with Crippen LogP contribution in [0.15, 0.2) is 81.3 Å². The van der Waals surface area contributed by atoms with E-state index in [2.05, 4.69) is 67.1 Å². The summed E-state index contributed by atoms with van der Waals surface area (Å²) in [5.41, 5.74) is 3.01. The maximum atomic E-state index is 14.8. The number of aryl methyl sites for hydroxylation is 2. The Labute approximate surface area is 448 Å². The number of carboxylic acids is 1. The molecule has 4 aliphatic rings. The number of ether oxygens (including phenoxy) is 2. The van der Waals surface area contributed by atoms with Gasteiger partial charge in [-0.1, -0.05) is 24.3 Å². The minimum atomic E-state index is -6.69. The van der Waals surface area contributed by atoms with E-state index in [1.54, 1.807) is 29.8 Å². The van der Waals surface area contributed by atoms with Gasteiger partial charge in [-0.2, -0.15) is 0 Å². The molecule has 0 spiro atoms. The number of anilines is 1. The number of benzene rings is 3. The number of aromatic carboxylic acids is 1. The van der Waals surface area contributed by atoms with Gasteiger partial charge in [0.2, 0.25) is 11.3 Å². The third-order valence-corrected chi connectivity index (χ3v) is 24.4. The van der Waals surface area contributed by atoms with Gasteiger partial charge in [0, 0.05) is 71.9 Å². The van der Waals surface area contributed by atoms with Crippen molar-refractivity contribution >= 4 is 67.1 Å². The number of allylic oxidation sites excluding steroid dienone is 1. The quantitative estimate of drug-likeness (QED) is 0.0250. The van der Waals surface area contributed by atoms with Crippen molar-refractivity contribution in [1.29, 1.82) is 0 Å². The van der Waals surface area contributed by atoms with Crippen molar-refractivity contribution in [1.82, 2.24) is 24.0 Å². The van der Waals surface area contributed by atoms with Crippen molar-refractivity contribution in [2.75, 3.05) is 37.7 Å². The summed E-state index contributed by atoms with van der Waals surface area (Å²) in [7, 11) is -7.27. The zero-order valence-electron chi connectivity index (χ0n) is 43.3. The van der Waals surface area contributed by atoms with Crippen LogP contribution >= 0.6 is 21.4 Å². The molecule has 3 atom stereocenters. The predicted molar refractivity (Wildman–Crippen MR) is 285 cm³/mol. The zero-order valence-corrected chi connectivity index (χ0v) is 46.0. The van der Waals surface area contributed by atoms with E-state index in [1.165, 1.54) is 18.2 Å². The number of carbonyl (C=O) groups excluding carboxylic acids is 1. The van der Waals surface area contributed by atoms with Gasteiger partial charge in [0.25, 0.3) is 5.56 Å². The summed E-state index contributed by atoms with van der Waals surface area (Å²) in [6.07, 6.45) is 3.42. The van der Waals surface area contributed by atoms with Crippen molar-refractivity contribution in [3.05, 3.63) is 142 Å². The van der Waals surface area contributed by atoms with Crippen LogP contribution in [0.25, 0.3) is 28.1 Å². The first-order valence-electron chi connectivity index (χ1n) is 25.0. The molecule has 1 saturated heterocycles. The van der Waals surface area contributed by atoms with Crippen LogP contribution in [-0.4, -0.2) is 97.3 Å². The van der Waals surface area contributed by atoms with Crippen LogP contribution in [0.4, 0.5) is 5.69 Å². The fourth-order valence-corrected chi connectivity index (χ4v) is 15.3. The summed E-state index contributed by atoms with van der Waals surface area (Å²) in [6, 6.07) is 14.7. The number of carboxylic acid groups (broad SMARTS) is 1. The number of carbonyl (C=O) groups is 2. The molecule has 1 amide bonds. The maximum Gasteiger partial charge on any atom is 0.0534 e. The normalized spacial score (nSPS) is 18.9. The molecule has 79 heavy (non-hydrogen) atoms. The van der Waals surface area contributed by atoms with E-state index < -0.39 is 69.2 Å². The van der Waals surface area contributed by atoms with Crippen LogP contribution in [0, 0.1) is 0 Å². The second-order valence-electron chi connectivity index (χ2n) is 19.9. The summed E-state index contributed by atoms with van der Waals surface area (Å²) in [6.45, 7) is 2.42. The van der Waals surface area contributed by atoms with Crippen LogP contribution in [0.1, 0.15) is 97.8 Å². The summed E-state index contributed by atoms with van der Waals surface area (Å²) >= 11 is 0. The van der Waals surface area contributed by atoms with E-state index >= 15 is 0 Å². The number of amides is 1. The molecule has 5 aromatic rings. The monoisotopic (exact) mass is 1150 g/mol. The first-order valence-corrected chi connectivity index (χ1v) is 30.7. The number of aromatic nitrogens is 3. The Morgan fingerprint density at radius 2 is 1.78 bits per heavy atom. The Kier molecular flexibility index (Phi) is 15.8. The molecule has 3 unspecified atom stereocenters. The number of H-pyrrole nitrogens is 1. The van der Waals surface area contributed by atoms with E-state index in [-0.39, 0.29) is 47.2 Å². The largest absolute Gasteiger partial charge is 0.0560 e. The molecule has 4 aliphatic heterocycles. The van der Waals surface area contributed by atoms with Gasteiger partial charge >= 0.3 is 183 Å². The topological polar surface area (TPSA) is 334 Å². The number of hydrogen-bond donors (Lipinski definition) is 6. The van der Waals surface area contributed by atoms with Crippen molar-refractivity contribution in [3.8, 4) is 11.5 Å². The minimum absolute atomic E-state index is 0.0259. The van der Waals surface area contributed by atoms with Crippen LogP contribution < -0.4 is 46.9 Å². The van der Waals surface area contributed by atoms with Crippen LogP contribution in [0.3, 0.4) is 0 Å². The second kappa shape index (κ2) is 22.0. The fraction of sp³-hybridized carbons (Fsp3) is 0.373. The second-order valence-corrected chi connectivity index (χ2v) is 30.0. The van der Waals surface area contributed by atoms with Crippen molar-refractivity contribution in [2.45, 2.75) is 83.8 Å². The molecule has 25 nitrogen and oxygen atoms in total. The number of fused-ring (bicyclic) bond motifs is 6. The summed E-state index contributed by atoms with van der Waals surface area (Å²) in [5.74, 6) is -0.690. The molecule has 3 aromatic carbocycles. The van der Waals surface area contributed by atoms with Gasteiger partial charge in [0.05, 0.1) is 21.8 Å². The standard InChI is InChI=1S/C51H55N6O19P3/c1-6-55-18-10-13-29-20-34-37(22-36(29)55)54(5)48(61)45-44(31-14-7-8-15-32(31)49(62)63)35-21-33-28(2)25-51(3,4)57(38(33)23-40(35)73-46(34)45)19-11-16-42(59)52-17-9-12-30-26-56(50(64)53-47(30)60)43-24-39(58)41(72-43)27-71-79(75-66,76-74-65,77(67)68)78(69)70/h7-9,12,14-15,20-23,25-26,39,41,43,58H,6,10-11,13,16-19,24,27H2,1-5H3,(H4-,52,53,59,60,62,63,64,65,66)/p+1/b12-9+. The van der Waals surface area contributed by atoms with E-state index in [1.807, 2.05) is 25.1 Å². The zero-order chi connectivity index (χ0) is 56.9. The van der Waals surface area contributed by atoms with Gasteiger partial charge < -0.3 is 19.3 Å². The van der Waals surface area contributed by atoms with E-state index in [4.69, 9.17) is 19.3 Å². The van der Waals surface area contributed by atoms with E-state index in [0.29, 0.717) is 46.7 Å². The van der Waals surface area contributed by atoms with Gasteiger partial charge in [-0.15, -0.1) is 0 Å². The number of aliphatic hydroxyl groups is 1. The Balaban J connectivity index is 0.933. The summed E-state index contributed by atoms with van der Waals surface area (Å²) < 4.78 is 77.6. The molecule has 0 radical (unpaired) electrons. The Hall–Kier alpha value is -6.85. The number of aliphatic hydroxyl groups excluding tert-OH is 1. The van der Waals surface area contributed by atoms with Gasteiger partial charge in [-0.05, 0) is 69.9 Å². The summed E-state index contributed by atoms with van der Waals surface area (Å²) in [4.78, 5) is 71.0. The smallest absolute Gasteiger partial charge is 0.0534 e. The molecule has 1 fully saturated rings. The molecule has 6 N–H and O–H groups in total. The number of pyridine rings is 1. The first kappa shape index (κ1) is 56.9. The third-order valence-electron chi connectivity index (χ3n) is 14.7. The Morgan fingerprint density at radius 3 is 2.48 bits per heavy atom. The van der Waals surface area contributed by atoms with Crippen molar-refractivity contribution in [3.63, 3.8) is 0 Å². The Bertz CT molecular complexity index is 3880. The molecule has 2 aromatic heterocycles. The van der Waals surface area contributed by atoms with E-state index in [0.717, 1.165) is 69.8 Å². The van der Waals surface area contributed by atoms with Gasteiger partial charge in [0.15, 0.2) is 0 Å². The molecule has 9 rings (SSSR count). The fourth-order valence-electron chi connectivity index (χ4n) is 10.8. The van der Waals surface area contributed by atoms with Crippen LogP contribution in [-0.2, 0) is 60.2 Å². The predicted octanol–water partition coefficient (Wildman–Crippen LogP) is 5.56. The van der Waals surface area contributed by atoms with Crippen LogP contribution in [0.2, 0.25) is 0 Å². The molecule has 0 bridgehead atoms. The summed E-state index contributed by atoms with van der Waals surface area (Å²) in [5, 5.41) is 47.2. The van der Waals surface area contributed by atoms with Gasteiger partial charge in [0.1, 0.15) is 24.6 Å². The Morgan fingerprint density at radius 1 is 1.04 bits per heavy atom. The number of rotatable bonds is 19. The molecule has 0 saturated carbocycles. The SMILES string of the molecule is CC[N+]1=c2cc3c(cc2CCC1)c1c(c(=O)n3C)=C(c2ccccc2C(=O)O)c2cc3c(cc2O1)N(CCCC(=O)NC/C=C/c1cn(C2CC(O)C(COP(OO)(OOO)(P(=O)=O)P(=O)=O)O2)c(=O)[nH]c1=O)C(C)(C)C=C3C. The molecule has 6 heterocycles. The third kappa shape index (κ3) is 10.0. The number of nitrogens with zero attached hydrogens (tertiary/aromatic N) is 4. The number of aromatic amines is 1. The number of hydrogen-bond acceptors (Lipinski definition) is 19. The van der Waals surface area contributed by atoms with Crippen LogP contribution in [0.5, 0.6) is 11.5 Å². The van der Waals surface area contributed by atoms with Crippen molar-refractivity contribution in [2.24, 2.45) is 7.05 Å². The molecule has 418 valence electrons. The maximum absolute atomic E-state index is 14.8. The number of nitrogens with one attached hydrogen (secondary N) is 2. The van der Waals surface area contributed by atoms with Crippen molar-refractivity contribution < 1.29 is 77.0 Å². The molecular weight excluding hydrogens is 1090 g/mol.